The van der Waals surface area contributed by atoms with Crippen molar-refractivity contribution in [3.8, 4) is 0 Å². The highest BCUT2D eigenvalue weighted by Crippen LogP contribution is 2.41. The van der Waals surface area contributed by atoms with E-state index in [2.05, 4.69) is 25.2 Å². The number of benzene rings is 1. The number of nitrogens with one attached hydrogen (secondary N) is 1. The van der Waals surface area contributed by atoms with Gasteiger partial charge in [0.25, 0.3) is 0 Å². The van der Waals surface area contributed by atoms with Crippen molar-refractivity contribution >= 4 is 17.4 Å². The smallest absolute Gasteiger partial charge is 0.111 e. The molecule has 0 atom stereocenters. The van der Waals surface area contributed by atoms with Gasteiger partial charge >= 0.3 is 0 Å². The summed E-state index contributed by atoms with van der Waals surface area (Å²) in [5.41, 5.74) is 7.05. The van der Waals surface area contributed by atoms with Crippen molar-refractivity contribution in [3.05, 3.63) is 35.0 Å². The maximum absolute atomic E-state index is 5.94. The maximum Gasteiger partial charge on any atom is 0.111 e. The molecule has 3 heteroatoms. The van der Waals surface area contributed by atoms with Crippen molar-refractivity contribution in [1.82, 2.24) is 0 Å². The zero-order valence-electron chi connectivity index (χ0n) is 8.37. The monoisotopic (exact) mass is 206 g/mol. The molecule has 0 saturated carbocycles. The van der Waals surface area contributed by atoms with Gasteiger partial charge in [-0.25, -0.2) is 0 Å². The molecule has 1 aliphatic heterocycles. The van der Waals surface area contributed by atoms with Crippen LogP contribution in [0.5, 0.6) is 0 Å². The first-order valence-electron chi connectivity index (χ1n) is 4.72. The summed E-state index contributed by atoms with van der Waals surface area (Å²) in [5.74, 6) is 1.27. The molecule has 1 heterocycles. The van der Waals surface area contributed by atoms with Gasteiger partial charge in [0.1, 0.15) is 5.82 Å². The van der Waals surface area contributed by atoms with Crippen LogP contribution in [-0.4, -0.2) is 0 Å². The van der Waals surface area contributed by atoms with E-state index in [4.69, 9.17) is 5.73 Å². The minimum absolute atomic E-state index is 0.473. The molecule has 0 saturated heterocycles. The Hall–Kier alpha value is -1.09. The second kappa shape index (κ2) is 3.58. The molecule has 2 rings (SSSR count). The van der Waals surface area contributed by atoms with Crippen LogP contribution in [0.15, 0.2) is 39.9 Å². The van der Waals surface area contributed by atoms with Gasteiger partial charge in [0.2, 0.25) is 0 Å². The van der Waals surface area contributed by atoms with Crippen LogP contribution in [0.25, 0.3) is 0 Å². The van der Waals surface area contributed by atoms with Crippen molar-refractivity contribution in [2.75, 3.05) is 5.32 Å². The SMILES string of the molecule is CC(C)C1=C(N)Nc2ccccc2S1. The Labute approximate surface area is 88.6 Å². The quantitative estimate of drug-likeness (QED) is 0.742. The molecule has 1 aromatic rings. The van der Waals surface area contributed by atoms with E-state index < -0.39 is 0 Å². The average Bonchev–Trinajstić information content (AvgIpc) is 2.16. The third kappa shape index (κ3) is 1.60. The number of rotatable bonds is 1. The van der Waals surface area contributed by atoms with Gasteiger partial charge in [0, 0.05) is 9.80 Å². The Morgan fingerprint density at radius 1 is 1.29 bits per heavy atom. The van der Waals surface area contributed by atoms with E-state index >= 15 is 0 Å². The number of fused-ring (bicyclic) bond motifs is 1. The van der Waals surface area contributed by atoms with Crippen molar-refractivity contribution in [2.45, 2.75) is 18.7 Å². The summed E-state index contributed by atoms with van der Waals surface area (Å²) < 4.78 is 0. The standard InChI is InChI=1S/C11H14N2S/c1-7(2)10-11(12)13-8-5-3-4-6-9(8)14-10/h3-7,13H,12H2,1-2H3. The van der Waals surface area contributed by atoms with Crippen molar-refractivity contribution in [2.24, 2.45) is 11.7 Å². The summed E-state index contributed by atoms with van der Waals surface area (Å²) in [6.45, 7) is 4.32. The van der Waals surface area contributed by atoms with Gasteiger partial charge in [-0.2, -0.15) is 0 Å². The van der Waals surface area contributed by atoms with Gasteiger partial charge in [-0.05, 0) is 18.1 Å². The van der Waals surface area contributed by atoms with Gasteiger partial charge < -0.3 is 11.1 Å². The van der Waals surface area contributed by atoms with Crippen molar-refractivity contribution < 1.29 is 0 Å². The highest BCUT2D eigenvalue weighted by molar-refractivity contribution is 8.03. The molecular weight excluding hydrogens is 192 g/mol. The Balaban J connectivity index is 2.37. The maximum atomic E-state index is 5.94. The fraction of sp³-hybridized carbons (Fsp3) is 0.273. The Morgan fingerprint density at radius 2 is 2.00 bits per heavy atom. The number of nitrogens with two attached hydrogens (primary N) is 1. The Kier molecular flexibility index (Phi) is 2.42. The Bertz CT molecular complexity index is 383. The van der Waals surface area contributed by atoms with Gasteiger partial charge in [-0.3, -0.25) is 0 Å². The third-order valence-electron chi connectivity index (χ3n) is 2.17. The minimum atomic E-state index is 0.473. The summed E-state index contributed by atoms with van der Waals surface area (Å²) in [5, 5.41) is 3.23. The van der Waals surface area contributed by atoms with E-state index in [0.29, 0.717) is 5.92 Å². The predicted molar refractivity (Wildman–Crippen MR) is 62.0 cm³/mol. The van der Waals surface area contributed by atoms with E-state index in [1.165, 1.54) is 9.80 Å². The molecule has 74 valence electrons. The molecule has 0 fully saturated rings. The van der Waals surface area contributed by atoms with E-state index in [1.54, 1.807) is 11.8 Å². The summed E-state index contributed by atoms with van der Waals surface area (Å²) in [6.07, 6.45) is 0. The number of thioether (sulfide) groups is 1. The lowest BCUT2D eigenvalue weighted by molar-refractivity contribution is 0.802. The summed E-state index contributed by atoms with van der Waals surface area (Å²) >= 11 is 1.77. The molecule has 0 aromatic heterocycles. The summed E-state index contributed by atoms with van der Waals surface area (Å²) in [6, 6.07) is 8.22. The van der Waals surface area contributed by atoms with Gasteiger partial charge in [-0.15, -0.1) is 0 Å². The molecule has 0 radical (unpaired) electrons. The molecule has 0 aliphatic carbocycles. The highest BCUT2D eigenvalue weighted by Gasteiger charge is 2.17. The van der Waals surface area contributed by atoms with Crippen LogP contribution in [0.1, 0.15) is 13.8 Å². The molecule has 14 heavy (non-hydrogen) atoms. The summed E-state index contributed by atoms with van der Waals surface area (Å²) in [7, 11) is 0. The van der Waals surface area contributed by atoms with Crippen LogP contribution in [-0.2, 0) is 0 Å². The van der Waals surface area contributed by atoms with Crippen molar-refractivity contribution in [1.29, 1.82) is 0 Å². The van der Waals surface area contributed by atoms with E-state index in [-0.39, 0.29) is 0 Å². The molecule has 0 bridgehead atoms. The van der Waals surface area contributed by atoms with Gasteiger partial charge in [-0.1, -0.05) is 37.7 Å². The van der Waals surface area contributed by atoms with Gasteiger partial charge in [0.15, 0.2) is 0 Å². The lowest BCUT2D eigenvalue weighted by atomic mass is 10.2. The summed E-state index contributed by atoms with van der Waals surface area (Å²) in [4.78, 5) is 2.48. The first kappa shape index (κ1) is 9.46. The Morgan fingerprint density at radius 3 is 2.71 bits per heavy atom. The molecule has 1 aliphatic rings. The average molecular weight is 206 g/mol. The number of hydrogen-bond acceptors (Lipinski definition) is 3. The topological polar surface area (TPSA) is 38.0 Å². The van der Waals surface area contributed by atoms with Crippen LogP contribution in [0.3, 0.4) is 0 Å². The molecule has 2 nitrogen and oxygen atoms in total. The first-order chi connectivity index (χ1) is 6.68. The second-order valence-corrected chi connectivity index (χ2v) is 4.74. The lowest BCUT2D eigenvalue weighted by Crippen LogP contribution is -2.17. The van der Waals surface area contributed by atoms with Crippen LogP contribution in [0.2, 0.25) is 0 Å². The number of anilines is 1. The van der Waals surface area contributed by atoms with E-state index in [1.807, 2.05) is 18.2 Å². The zero-order chi connectivity index (χ0) is 10.1. The molecule has 0 unspecified atom stereocenters. The molecule has 1 aromatic carbocycles. The second-order valence-electron chi connectivity index (χ2n) is 3.66. The molecule has 3 N–H and O–H groups in total. The van der Waals surface area contributed by atoms with Crippen LogP contribution >= 0.6 is 11.8 Å². The van der Waals surface area contributed by atoms with E-state index in [9.17, 15) is 0 Å². The van der Waals surface area contributed by atoms with E-state index in [0.717, 1.165) is 11.5 Å². The molecule has 0 spiro atoms. The highest BCUT2D eigenvalue weighted by atomic mass is 32.2. The third-order valence-corrected chi connectivity index (χ3v) is 3.65. The largest absolute Gasteiger partial charge is 0.385 e. The van der Waals surface area contributed by atoms with Crippen LogP contribution in [0.4, 0.5) is 5.69 Å². The fourth-order valence-corrected chi connectivity index (χ4v) is 2.48. The van der Waals surface area contributed by atoms with Crippen LogP contribution < -0.4 is 11.1 Å². The minimum Gasteiger partial charge on any atom is -0.385 e. The lowest BCUT2D eigenvalue weighted by Gasteiger charge is -2.23. The molecule has 0 amide bonds. The first-order valence-corrected chi connectivity index (χ1v) is 5.53. The normalized spacial score (nSPS) is 15.4. The zero-order valence-corrected chi connectivity index (χ0v) is 9.19. The predicted octanol–water partition coefficient (Wildman–Crippen LogP) is 2.99. The van der Waals surface area contributed by atoms with Gasteiger partial charge in [0.05, 0.1) is 5.69 Å². The molecular formula is C11H14N2S. The van der Waals surface area contributed by atoms with Crippen LogP contribution in [0, 0.1) is 5.92 Å². The fourth-order valence-electron chi connectivity index (χ4n) is 1.47. The number of para-hydroxylation sites is 1. The number of hydrogen-bond donors (Lipinski definition) is 2. The number of allylic oxidation sites excluding steroid dienone is 1. The van der Waals surface area contributed by atoms with Crippen molar-refractivity contribution in [3.63, 3.8) is 0 Å².